The van der Waals surface area contributed by atoms with Crippen LogP contribution in [0.5, 0.6) is 0 Å². The Hall–Kier alpha value is -0.730. The van der Waals surface area contributed by atoms with Gasteiger partial charge in [-0.2, -0.15) is 0 Å². The Bertz CT molecular complexity index is 625. The molecule has 1 nitrogen and oxygen atoms in total. The van der Waals surface area contributed by atoms with E-state index in [-0.39, 0.29) is 6.04 Å². The molecule has 1 unspecified atom stereocenters. The Morgan fingerprint density at radius 2 is 1.81 bits per heavy atom. The van der Waals surface area contributed by atoms with Crippen molar-refractivity contribution < 1.29 is 0 Å². The number of benzene rings is 2. The molecule has 0 aliphatic rings. The predicted molar refractivity (Wildman–Crippen MR) is 92.8 cm³/mol. The normalized spacial score (nSPS) is 12.4. The number of likely N-dealkylation sites (N-methyl/N-ethyl adjacent to an activating group) is 1. The van der Waals surface area contributed by atoms with Gasteiger partial charge in [0, 0.05) is 11.1 Å². The van der Waals surface area contributed by atoms with Crippen molar-refractivity contribution in [3.63, 3.8) is 0 Å². The van der Waals surface area contributed by atoms with Crippen molar-refractivity contribution >= 4 is 34.8 Å². The Kier molecular flexibility index (Phi) is 5.95. The summed E-state index contributed by atoms with van der Waals surface area (Å²) in [6, 6.07) is 12.1. The van der Waals surface area contributed by atoms with Crippen molar-refractivity contribution in [2.45, 2.75) is 26.3 Å². The van der Waals surface area contributed by atoms with Crippen LogP contribution in [0.4, 0.5) is 0 Å². The van der Waals surface area contributed by atoms with E-state index in [9.17, 15) is 0 Å². The third kappa shape index (κ3) is 4.14. The van der Waals surface area contributed by atoms with Crippen LogP contribution >= 0.6 is 34.8 Å². The van der Waals surface area contributed by atoms with Gasteiger partial charge in [0.05, 0.1) is 10.0 Å². The van der Waals surface area contributed by atoms with E-state index >= 15 is 0 Å². The molecule has 0 aliphatic carbocycles. The molecule has 2 rings (SSSR count). The van der Waals surface area contributed by atoms with E-state index in [0.717, 1.165) is 29.1 Å². The van der Waals surface area contributed by atoms with Gasteiger partial charge in [-0.3, -0.25) is 0 Å². The van der Waals surface area contributed by atoms with E-state index in [1.807, 2.05) is 31.2 Å². The summed E-state index contributed by atoms with van der Waals surface area (Å²) in [6.07, 6.45) is 0.786. The van der Waals surface area contributed by atoms with Crippen molar-refractivity contribution in [2.75, 3.05) is 6.54 Å². The maximum Gasteiger partial charge on any atom is 0.0624 e. The predicted octanol–water partition coefficient (Wildman–Crippen LogP) is 5.85. The highest BCUT2D eigenvalue weighted by Gasteiger charge is 2.15. The number of hydrogen-bond acceptors (Lipinski definition) is 1. The summed E-state index contributed by atoms with van der Waals surface area (Å²) in [5.41, 5.74) is 3.33. The molecule has 0 fully saturated rings. The standard InChI is InChI=1S/C17H18Cl3N/c1-3-21-16(12-7-8-14(18)11(2)9-12)10-13-5-4-6-15(19)17(13)20/h4-9,16,21H,3,10H2,1-2H3. The second-order valence-corrected chi connectivity index (χ2v) is 6.23. The summed E-state index contributed by atoms with van der Waals surface area (Å²) in [4.78, 5) is 0. The molecule has 0 aliphatic heterocycles. The van der Waals surface area contributed by atoms with Crippen LogP contribution < -0.4 is 5.32 Å². The second-order valence-electron chi connectivity index (χ2n) is 5.04. The number of hydrogen-bond donors (Lipinski definition) is 1. The number of halogens is 3. The summed E-state index contributed by atoms with van der Waals surface area (Å²) >= 11 is 18.5. The molecule has 0 saturated heterocycles. The fourth-order valence-corrected chi connectivity index (χ4v) is 2.88. The molecule has 0 radical (unpaired) electrons. The summed E-state index contributed by atoms with van der Waals surface area (Å²) in [5, 5.41) is 5.51. The average Bonchev–Trinajstić information content (AvgIpc) is 2.46. The maximum atomic E-state index is 6.30. The minimum atomic E-state index is 0.182. The van der Waals surface area contributed by atoms with Gasteiger partial charge in [-0.25, -0.2) is 0 Å². The van der Waals surface area contributed by atoms with Crippen LogP contribution in [0.1, 0.15) is 29.7 Å². The highest BCUT2D eigenvalue weighted by Crippen LogP contribution is 2.30. The summed E-state index contributed by atoms with van der Waals surface area (Å²) < 4.78 is 0. The van der Waals surface area contributed by atoms with E-state index < -0.39 is 0 Å². The van der Waals surface area contributed by atoms with E-state index in [0.29, 0.717) is 10.0 Å². The van der Waals surface area contributed by atoms with Crippen LogP contribution in [0, 0.1) is 6.92 Å². The van der Waals surface area contributed by atoms with Gasteiger partial charge < -0.3 is 5.32 Å². The van der Waals surface area contributed by atoms with Gasteiger partial charge >= 0.3 is 0 Å². The molecule has 0 spiro atoms. The highest BCUT2D eigenvalue weighted by atomic mass is 35.5. The Morgan fingerprint density at radius 3 is 2.48 bits per heavy atom. The average molecular weight is 343 g/mol. The van der Waals surface area contributed by atoms with Gasteiger partial charge in [0.25, 0.3) is 0 Å². The van der Waals surface area contributed by atoms with E-state index in [1.165, 1.54) is 5.56 Å². The molecule has 4 heteroatoms. The van der Waals surface area contributed by atoms with Crippen molar-refractivity contribution in [3.8, 4) is 0 Å². The van der Waals surface area contributed by atoms with E-state index in [1.54, 1.807) is 0 Å². The SMILES string of the molecule is CCNC(Cc1cccc(Cl)c1Cl)c1ccc(Cl)c(C)c1. The second kappa shape index (κ2) is 7.51. The maximum absolute atomic E-state index is 6.30. The zero-order valence-electron chi connectivity index (χ0n) is 12.1. The molecule has 1 N–H and O–H groups in total. The molecular formula is C17H18Cl3N. The Morgan fingerprint density at radius 1 is 1.05 bits per heavy atom. The zero-order chi connectivity index (χ0) is 15.4. The third-order valence-electron chi connectivity index (χ3n) is 3.49. The van der Waals surface area contributed by atoms with Gasteiger partial charge in [0.15, 0.2) is 0 Å². The Labute approximate surface area is 141 Å². The van der Waals surface area contributed by atoms with Crippen molar-refractivity contribution in [1.82, 2.24) is 5.32 Å². The molecule has 112 valence electrons. The molecule has 0 aromatic heterocycles. The monoisotopic (exact) mass is 341 g/mol. The van der Waals surface area contributed by atoms with Crippen LogP contribution in [-0.2, 0) is 6.42 Å². The van der Waals surface area contributed by atoms with Crippen LogP contribution in [0.25, 0.3) is 0 Å². The summed E-state index contributed by atoms with van der Waals surface area (Å²) in [5.74, 6) is 0. The third-order valence-corrected chi connectivity index (χ3v) is 4.77. The number of rotatable bonds is 5. The van der Waals surface area contributed by atoms with Crippen LogP contribution in [0.3, 0.4) is 0 Å². The summed E-state index contributed by atoms with van der Waals surface area (Å²) in [6.45, 7) is 4.99. The van der Waals surface area contributed by atoms with Gasteiger partial charge in [-0.05, 0) is 48.7 Å². The highest BCUT2D eigenvalue weighted by molar-refractivity contribution is 6.42. The van der Waals surface area contributed by atoms with Crippen LogP contribution in [0.15, 0.2) is 36.4 Å². The fraction of sp³-hybridized carbons (Fsp3) is 0.294. The molecule has 0 amide bonds. The fourth-order valence-electron chi connectivity index (χ4n) is 2.36. The lowest BCUT2D eigenvalue weighted by atomic mass is 9.97. The zero-order valence-corrected chi connectivity index (χ0v) is 14.4. The van der Waals surface area contributed by atoms with E-state index in [2.05, 4.69) is 24.4 Å². The molecule has 21 heavy (non-hydrogen) atoms. The van der Waals surface area contributed by atoms with Gasteiger partial charge in [0.1, 0.15) is 0 Å². The molecule has 0 heterocycles. The number of aryl methyl sites for hydroxylation is 1. The quantitative estimate of drug-likeness (QED) is 0.719. The smallest absolute Gasteiger partial charge is 0.0624 e. The lowest BCUT2D eigenvalue weighted by Crippen LogP contribution is -2.23. The van der Waals surface area contributed by atoms with Crippen LogP contribution in [0.2, 0.25) is 15.1 Å². The van der Waals surface area contributed by atoms with Crippen LogP contribution in [-0.4, -0.2) is 6.54 Å². The Balaban J connectivity index is 2.30. The largest absolute Gasteiger partial charge is 0.310 e. The van der Waals surface area contributed by atoms with Crippen molar-refractivity contribution in [3.05, 3.63) is 68.2 Å². The lowest BCUT2D eigenvalue weighted by molar-refractivity contribution is 0.549. The van der Waals surface area contributed by atoms with Crippen molar-refractivity contribution in [2.24, 2.45) is 0 Å². The molecule has 1 atom stereocenters. The first-order valence-corrected chi connectivity index (χ1v) is 8.08. The first-order chi connectivity index (χ1) is 10.0. The first kappa shape index (κ1) is 16.6. The summed E-state index contributed by atoms with van der Waals surface area (Å²) in [7, 11) is 0. The molecule has 2 aromatic carbocycles. The van der Waals surface area contributed by atoms with Gasteiger partial charge in [-0.15, -0.1) is 0 Å². The van der Waals surface area contributed by atoms with Gasteiger partial charge in [0.2, 0.25) is 0 Å². The molecule has 2 aromatic rings. The van der Waals surface area contributed by atoms with Gasteiger partial charge in [-0.1, -0.05) is 66.0 Å². The van der Waals surface area contributed by atoms with Crippen molar-refractivity contribution in [1.29, 1.82) is 0 Å². The molecule has 0 bridgehead atoms. The minimum Gasteiger partial charge on any atom is -0.310 e. The minimum absolute atomic E-state index is 0.182. The lowest BCUT2D eigenvalue weighted by Gasteiger charge is -2.20. The number of nitrogens with one attached hydrogen (secondary N) is 1. The first-order valence-electron chi connectivity index (χ1n) is 6.95. The van der Waals surface area contributed by atoms with E-state index in [4.69, 9.17) is 34.8 Å². The molecular weight excluding hydrogens is 325 g/mol. The molecule has 0 saturated carbocycles. The topological polar surface area (TPSA) is 12.0 Å².